The lowest BCUT2D eigenvalue weighted by Crippen LogP contribution is -2.42. The Morgan fingerprint density at radius 2 is 1.47 bits per heavy atom. The second-order valence-corrected chi connectivity index (χ2v) is 9.03. The molecule has 1 aromatic heterocycles. The quantitative estimate of drug-likeness (QED) is 0.483. The summed E-state index contributed by atoms with van der Waals surface area (Å²) >= 11 is 0. The Labute approximate surface area is 206 Å². The molecular formula is C29H23N3O4. The summed E-state index contributed by atoms with van der Waals surface area (Å²) in [6.45, 7) is 0.433. The summed E-state index contributed by atoms with van der Waals surface area (Å²) in [6, 6.07) is 24.7. The average Bonchev–Trinajstić information content (AvgIpc) is 3.21. The van der Waals surface area contributed by atoms with Crippen LogP contribution in [0.4, 0.5) is 5.82 Å². The predicted molar refractivity (Wildman–Crippen MR) is 137 cm³/mol. The molecule has 0 amide bonds. The lowest BCUT2D eigenvalue weighted by atomic mass is 9.81. The van der Waals surface area contributed by atoms with E-state index in [4.69, 9.17) is 4.74 Å². The van der Waals surface area contributed by atoms with Gasteiger partial charge in [-0.05, 0) is 23.3 Å². The highest BCUT2D eigenvalue weighted by atomic mass is 16.5. The molecule has 6 rings (SSSR count). The van der Waals surface area contributed by atoms with Crippen molar-refractivity contribution in [2.45, 2.75) is 12.5 Å². The minimum Gasteiger partial charge on any atom is -0.489 e. The number of allylic oxidation sites excluding steroid dienone is 1. The highest BCUT2D eigenvalue weighted by Gasteiger charge is 2.42. The van der Waals surface area contributed by atoms with Crippen LogP contribution >= 0.6 is 0 Å². The first kappa shape index (κ1) is 21.9. The van der Waals surface area contributed by atoms with Crippen molar-refractivity contribution in [2.75, 3.05) is 5.32 Å². The Morgan fingerprint density at radius 3 is 2.19 bits per heavy atom. The van der Waals surface area contributed by atoms with Crippen LogP contribution in [0.5, 0.6) is 5.75 Å². The van der Waals surface area contributed by atoms with E-state index in [1.165, 1.54) is 11.6 Å². The molecule has 0 unspecified atom stereocenters. The van der Waals surface area contributed by atoms with E-state index in [9.17, 15) is 14.4 Å². The van der Waals surface area contributed by atoms with Crippen LogP contribution in [0, 0.1) is 0 Å². The summed E-state index contributed by atoms with van der Waals surface area (Å²) in [5, 5.41) is 3.26. The molecule has 0 saturated carbocycles. The smallest absolute Gasteiger partial charge is 0.332 e. The van der Waals surface area contributed by atoms with Crippen molar-refractivity contribution < 1.29 is 9.53 Å². The van der Waals surface area contributed by atoms with Gasteiger partial charge in [-0.25, -0.2) is 4.79 Å². The van der Waals surface area contributed by atoms with Gasteiger partial charge in [-0.1, -0.05) is 66.7 Å². The molecule has 178 valence electrons. The van der Waals surface area contributed by atoms with Crippen molar-refractivity contribution in [1.29, 1.82) is 0 Å². The van der Waals surface area contributed by atoms with E-state index in [-0.39, 0.29) is 5.78 Å². The van der Waals surface area contributed by atoms with Gasteiger partial charge in [0.05, 0.1) is 11.3 Å². The molecule has 0 saturated heterocycles. The molecule has 1 aliphatic heterocycles. The third-order valence-electron chi connectivity index (χ3n) is 6.94. The SMILES string of the molecule is Cn1c2c(c(=O)n(C)c1=O)[C@H](c1ccc(OCc3ccccc3)cc1)C1=C(N2)c2ccccc2C1=O. The zero-order valence-electron chi connectivity index (χ0n) is 19.8. The maximum Gasteiger partial charge on any atom is 0.332 e. The Morgan fingerprint density at radius 1 is 0.806 bits per heavy atom. The maximum atomic E-state index is 13.6. The van der Waals surface area contributed by atoms with Crippen molar-refractivity contribution in [2.24, 2.45) is 14.1 Å². The van der Waals surface area contributed by atoms with E-state index < -0.39 is 17.2 Å². The number of aromatic nitrogens is 2. The Bertz CT molecular complexity index is 1680. The van der Waals surface area contributed by atoms with E-state index in [1.54, 1.807) is 13.1 Å². The van der Waals surface area contributed by atoms with Crippen molar-refractivity contribution in [3.8, 4) is 5.75 Å². The normalized spacial score (nSPS) is 15.7. The number of nitrogens with zero attached hydrogens (tertiary/aromatic N) is 2. The van der Waals surface area contributed by atoms with Crippen LogP contribution in [0.3, 0.4) is 0 Å². The number of hydrogen-bond donors (Lipinski definition) is 1. The number of benzene rings is 3. The van der Waals surface area contributed by atoms with Gasteiger partial charge < -0.3 is 10.1 Å². The summed E-state index contributed by atoms with van der Waals surface area (Å²) in [5.74, 6) is 0.329. The van der Waals surface area contributed by atoms with Crippen molar-refractivity contribution in [3.05, 3.63) is 133 Å². The van der Waals surface area contributed by atoms with Gasteiger partial charge >= 0.3 is 5.69 Å². The fourth-order valence-electron chi connectivity index (χ4n) is 5.09. The first-order valence-electron chi connectivity index (χ1n) is 11.7. The van der Waals surface area contributed by atoms with Crippen LogP contribution in [-0.2, 0) is 20.7 Å². The number of hydrogen-bond acceptors (Lipinski definition) is 5. The Balaban J connectivity index is 1.47. The molecule has 0 spiro atoms. The minimum atomic E-state index is -0.634. The van der Waals surface area contributed by atoms with Crippen LogP contribution in [0.2, 0.25) is 0 Å². The van der Waals surface area contributed by atoms with Crippen molar-refractivity contribution in [3.63, 3.8) is 0 Å². The number of carbonyl (C=O) groups excluding carboxylic acids is 1. The lowest BCUT2D eigenvalue weighted by Gasteiger charge is -2.29. The monoisotopic (exact) mass is 477 g/mol. The molecule has 7 heteroatoms. The van der Waals surface area contributed by atoms with Crippen LogP contribution in [0.15, 0.2) is 94.0 Å². The molecule has 2 aliphatic rings. The number of nitrogens with one attached hydrogen (secondary N) is 1. The zero-order chi connectivity index (χ0) is 25.0. The van der Waals surface area contributed by atoms with Gasteiger partial charge in [0, 0.05) is 36.7 Å². The van der Waals surface area contributed by atoms with E-state index in [2.05, 4.69) is 5.32 Å². The number of fused-ring (bicyclic) bond motifs is 3. The zero-order valence-corrected chi connectivity index (χ0v) is 19.8. The fourth-order valence-corrected chi connectivity index (χ4v) is 5.09. The maximum absolute atomic E-state index is 13.6. The number of anilines is 1. The second-order valence-electron chi connectivity index (χ2n) is 9.03. The molecule has 0 bridgehead atoms. The molecule has 0 radical (unpaired) electrons. The minimum absolute atomic E-state index is 0.121. The van der Waals surface area contributed by atoms with Crippen LogP contribution in [-0.4, -0.2) is 14.9 Å². The largest absolute Gasteiger partial charge is 0.489 e. The van der Waals surface area contributed by atoms with Gasteiger partial charge in [0.1, 0.15) is 18.2 Å². The average molecular weight is 478 g/mol. The standard InChI is InChI=1S/C29H23N3O4/c1-31-27-24(28(34)32(2)29(31)35)22(23-25(30-27)20-10-6-7-11-21(20)26(23)33)18-12-14-19(15-13-18)36-16-17-8-4-3-5-9-17/h3-15,22,30H,16H2,1-2H3/t22-/m1/s1. The molecule has 1 N–H and O–H groups in total. The molecular weight excluding hydrogens is 454 g/mol. The van der Waals surface area contributed by atoms with E-state index >= 15 is 0 Å². The molecule has 7 nitrogen and oxygen atoms in total. The fraction of sp³-hybridized carbons (Fsp3) is 0.138. The van der Waals surface area contributed by atoms with Gasteiger partial charge in [-0.2, -0.15) is 0 Å². The molecule has 4 aromatic rings. The summed E-state index contributed by atoms with van der Waals surface area (Å²) in [5.41, 5.74) is 3.84. The van der Waals surface area contributed by atoms with Crippen LogP contribution < -0.4 is 21.3 Å². The van der Waals surface area contributed by atoms with E-state index in [0.717, 1.165) is 21.3 Å². The Hall–Kier alpha value is -4.65. The first-order valence-corrected chi connectivity index (χ1v) is 11.7. The molecule has 0 fully saturated rings. The van der Waals surface area contributed by atoms with Gasteiger partial charge in [0.15, 0.2) is 5.78 Å². The molecule has 2 heterocycles. The van der Waals surface area contributed by atoms with E-state index in [1.807, 2.05) is 72.8 Å². The molecule has 36 heavy (non-hydrogen) atoms. The highest BCUT2D eigenvalue weighted by molar-refractivity contribution is 6.23. The lowest BCUT2D eigenvalue weighted by molar-refractivity contribution is 0.103. The summed E-state index contributed by atoms with van der Waals surface area (Å²) in [4.78, 5) is 39.7. The molecule has 3 aromatic carbocycles. The van der Waals surface area contributed by atoms with Gasteiger partial charge in [0.25, 0.3) is 5.56 Å². The third kappa shape index (κ3) is 3.24. The summed E-state index contributed by atoms with van der Waals surface area (Å²) in [7, 11) is 3.08. The number of rotatable bonds is 4. The van der Waals surface area contributed by atoms with Crippen LogP contribution in [0.1, 0.15) is 38.5 Å². The van der Waals surface area contributed by atoms with Gasteiger partial charge in [0.2, 0.25) is 0 Å². The molecule has 1 aliphatic carbocycles. The highest BCUT2D eigenvalue weighted by Crippen LogP contribution is 2.47. The summed E-state index contributed by atoms with van der Waals surface area (Å²) < 4.78 is 8.45. The number of ketones is 1. The number of carbonyl (C=O) groups is 1. The van der Waals surface area contributed by atoms with E-state index in [0.29, 0.717) is 40.6 Å². The Kier molecular flexibility index (Phi) is 5.00. The van der Waals surface area contributed by atoms with Crippen molar-refractivity contribution >= 4 is 17.3 Å². The first-order chi connectivity index (χ1) is 17.5. The topological polar surface area (TPSA) is 82.3 Å². The third-order valence-corrected chi connectivity index (χ3v) is 6.94. The second kappa shape index (κ2) is 8.23. The number of Topliss-reactive ketones (excluding diaryl/α,β-unsaturated/α-hetero) is 1. The summed E-state index contributed by atoms with van der Waals surface area (Å²) in [6.07, 6.45) is 0. The van der Waals surface area contributed by atoms with Gasteiger partial charge in [-0.3, -0.25) is 18.7 Å². The predicted octanol–water partition coefficient (Wildman–Crippen LogP) is 3.83. The van der Waals surface area contributed by atoms with Crippen LogP contribution in [0.25, 0.3) is 5.70 Å². The number of ether oxygens (including phenoxy) is 1. The molecule has 1 atom stereocenters. The van der Waals surface area contributed by atoms with Gasteiger partial charge in [-0.15, -0.1) is 0 Å². The van der Waals surface area contributed by atoms with Crippen molar-refractivity contribution in [1.82, 2.24) is 9.13 Å².